The van der Waals surface area contributed by atoms with Crippen LogP contribution >= 0.6 is 0 Å². The van der Waals surface area contributed by atoms with Gasteiger partial charge in [0.25, 0.3) is 0 Å². The van der Waals surface area contributed by atoms with Crippen molar-refractivity contribution < 1.29 is 28.5 Å². The van der Waals surface area contributed by atoms with E-state index in [0.29, 0.717) is 31.0 Å². The lowest BCUT2D eigenvalue weighted by Gasteiger charge is -2.33. The first-order valence-corrected chi connectivity index (χ1v) is 11.3. The van der Waals surface area contributed by atoms with E-state index in [1.807, 2.05) is 0 Å². The van der Waals surface area contributed by atoms with Crippen molar-refractivity contribution in [1.82, 2.24) is 0 Å². The summed E-state index contributed by atoms with van der Waals surface area (Å²) in [5, 5.41) is 0. The molecule has 0 N–H and O–H groups in total. The van der Waals surface area contributed by atoms with E-state index in [1.165, 1.54) is 18.3 Å². The summed E-state index contributed by atoms with van der Waals surface area (Å²) in [6, 6.07) is 6.61. The fourth-order valence-corrected chi connectivity index (χ4v) is 5.54. The van der Waals surface area contributed by atoms with Crippen LogP contribution in [0.3, 0.4) is 0 Å². The van der Waals surface area contributed by atoms with Gasteiger partial charge < -0.3 is 18.9 Å². The number of hydrogen-bond acceptors (Lipinski definition) is 6. The third kappa shape index (κ3) is 4.41. The van der Waals surface area contributed by atoms with Gasteiger partial charge >= 0.3 is 11.9 Å². The lowest BCUT2D eigenvalue weighted by Crippen LogP contribution is -2.34. The van der Waals surface area contributed by atoms with Gasteiger partial charge in [-0.05, 0) is 69.4 Å². The normalized spacial score (nSPS) is 29.8. The number of benzene rings is 1. The number of hydrogen-bond donors (Lipinski definition) is 0. The second kappa shape index (κ2) is 9.53. The molecule has 2 bridgehead atoms. The molecule has 4 rings (SSSR count). The number of rotatable bonds is 7. The van der Waals surface area contributed by atoms with Gasteiger partial charge in [0, 0.05) is 12.5 Å². The molecule has 6 heteroatoms. The van der Waals surface area contributed by atoms with Crippen molar-refractivity contribution in [3.8, 4) is 0 Å². The monoisotopic (exact) mass is 428 g/mol. The lowest BCUT2D eigenvalue weighted by molar-refractivity contribution is -0.173. The molecule has 1 saturated carbocycles. The largest absolute Gasteiger partial charge is 0.465 e. The summed E-state index contributed by atoms with van der Waals surface area (Å²) in [6.45, 7) is 6.12. The lowest BCUT2D eigenvalue weighted by atomic mass is 9.77. The fourth-order valence-electron chi connectivity index (χ4n) is 5.54. The van der Waals surface area contributed by atoms with Crippen LogP contribution in [0.4, 0.5) is 0 Å². The van der Waals surface area contributed by atoms with Gasteiger partial charge in [-0.15, -0.1) is 0 Å². The maximum atomic E-state index is 12.8. The molecule has 1 heterocycles. The second-order valence-electron chi connectivity index (χ2n) is 8.91. The zero-order valence-electron chi connectivity index (χ0n) is 18.6. The molecule has 0 radical (unpaired) electrons. The van der Waals surface area contributed by atoms with Crippen molar-refractivity contribution >= 4 is 11.9 Å². The molecule has 1 aromatic carbocycles. The molecule has 1 aliphatic heterocycles. The SMILES string of the molecule is COC(=O)c1ccccc1C(=O)OCC1C2CC(C(C)=C2C)C1COC1CCCCO1. The van der Waals surface area contributed by atoms with Gasteiger partial charge in [0.2, 0.25) is 0 Å². The molecule has 1 saturated heterocycles. The van der Waals surface area contributed by atoms with E-state index in [4.69, 9.17) is 18.9 Å². The van der Waals surface area contributed by atoms with Crippen LogP contribution in [0.15, 0.2) is 35.4 Å². The first-order chi connectivity index (χ1) is 15.0. The molecule has 31 heavy (non-hydrogen) atoms. The van der Waals surface area contributed by atoms with Crippen LogP contribution in [-0.2, 0) is 18.9 Å². The van der Waals surface area contributed by atoms with Crippen LogP contribution in [0, 0.1) is 23.7 Å². The van der Waals surface area contributed by atoms with Crippen LogP contribution in [0.2, 0.25) is 0 Å². The third-order valence-electron chi connectivity index (χ3n) is 7.40. The molecular weight excluding hydrogens is 396 g/mol. The Morgan fingerprint density at radius 2 is 1.61 bits per heavy atom. The first kappa shape index (κ1) is 22.0. The molecule has 3 aliphatic rings. The summed E-state index contributed by atoms with van der Waals surface area (Å²) in [4.78, 5) is 24.8. The van der Waals surface area contributed by atoms with Crippen molar-refractivity contribution in [1.29, 1.82) is 0 Å². The Balaban J connectivity index is 1.43. The van der Waals surface area contributed by atoms with E-state index in [0.717, 1.165) is 32.3 Å². The number of methoxy groups -OCH3 is 1. The maximum Gasteiger partial charge on any atom is 0.339 e. The smallest absolute Gasteiger partial charge is 0.339 e. The van der Waals surface area contributed by atoms with Crippen molar-refractivity contribution in [2.45, 2.75) is 45.8 Å². The molecule has 0 amide bonds. The highest BCUT2D eigenvalue weighted by molar-refractivity contribution is 6.03. The van der Waals surface area contributed by atoms with Gasteiger partial charge in [-0.2, -0.15) is 0 Å². The molecule has 0 spiro atoms. The topological polar surface area (TPSA) is 71.1 Å². The zero-order valence-corrected chi connectivity index (χ0v) is 18.6. The quantitative estimate of drug-likeness (QED) is 0.474. The number of allylic oxidation sites excluding steroid dienone is 2. The van der Waals surface area contributed by atoms with E-state index >= 15 is 0 Å². The van der Waals surface area contributed by atoms with Crippen molar-refractivity contribution in [2.75, 3.05) is 26.9 Å². The standard InChI is InChI=1S/C25H32O6/c1-15-16(2)20-12-19(15)21(13-30-23-10-6-7-11-29-23)22(20)14-31-25(27)18-9-5-4-8-17(18)24(26)28-3/h4-5,8-9,19-23H,6-7,10-14H2,1-3H3. The summed E-state index contributed by atoms with van der Waals surface area (Å²) in [7, 11) is 1.30. The summed E-state index contributed by atoms with van der Waals surface area (Å²) in [5.74, 6) is 0.377. The molecule has 2 fully saturated rings. The average molecular weight is 429 g/mol. The summed E-state index contributed by atoms with van der Waals surface area (Å²) in [6.07, 6.45) is 4.16. The molecule has 168 valence electrons. The minimum atomic E-state index is -0.541. The number of ether oxygens (including phenoxy) is 4. The fraction of sp³-hybridized carbons (Fsp3) is 0.600. The van der Waals surface area contributed by atoms with Gasteiger partial charge in [-0.25, -0.2) is 9.59 Å². The van der Waals surface area contributed by atoms with Gasteiger partial charge in [0.15, 0.2) is 6.29 Å². The predicted molar refractivity (Wildman–Crippen MR) is 115 cm³/mol. The molecule has 5 atom stereocenters. The number of fused-ring (bicyclic) bond motifs is 2. The number of carbonyl (C=O) groups is 2. The molecule has 6 nitrogen and oxygen atoms in total. The number of carbonyl (C=O) groups excluding carboxylic acids is 2. The third-order valence-corrected chi connectivity index (χ3v) is 7.40. The minimum absolute atomic E-state index is 0.117. The van der Waals surface area contributed by atoms with Gasteiger partial charge in [0.1, 0.15) is 0 Å². The zero-order chi connectivity index (χ0) is 22.0. The molecule has 5 unspecified atom stereocenters. The molecular formula is C25H32O6. The Kier molecular flexibility index (Phi) is 6.77. The van der Waals surface area contributed by atoms with Crippen LogP contribution in [0.25, 0.3) is 0 Å². The Morgan fingerprint density at radius 1 is 0.968 bits per heavy atom. The van der Waals surface area contributed by atoms with Gasteiger partial charge in [-0.3, -0.25) is 0 Å². The highest BCUT2D eigenvalue weighted by Gasteiger charge is 2.50. The molecule has 1 aromatic rings. The van der Waals surface area contributed by atoms with Crippen molar-refractivity contribution in [3.63, 3.8) is 0 Å². The Bertz CT molecular complexity index is 853. The average Bonchev–Trinajstić information content (AvgIpc) is 3.31. The van der Waals surface area contributed by atoms with Crippen molar-refractivity contribution in [2.24, 2.45) is 23.7 Å². The summed E-state index contributed by atoms with van der Waals surface area (Å²) >= 11 is 0. The first-order valence-electron chi connectivity index (χ1n) is 11.3. The Hall–Kier alpha value is -2.18. The summed E-state index contributed by atoms with van der Waals surface area (Å²) < 4.78 is 22.4. The molecule has 0 aromatic heterocycles. The minimum Gasteiger partial charge on any atom is -0.465 e. The van der Waals surface area contributed by atoms with Crippen LogP contribution in [-0.4, -0.2) is 45.2 Å². The highest BCUT2D eigenvalue weighted by Crippen LogP contribution is 2.55. The van der Waals surface area contributed by atoms with Crippen LogP contribution in [0.5, 0.6) is 0 Å². The van der Waals surface area contributed by atoms with E-state index in [9.17, 15) is 9.59 Å². The van der Waals surface area contributed by atoms with Crippen LogP contribution in [0.1, 0.15) is 60.2 Å². The summed E-state index contributed by atoms with van der Waals surface area (Å²) in [5.41, 5.74) is 3.35. The predicted octanol–water partition coefficient (Wildman–Crippen LogP) is 4.39. The maximum absolute atomic E-state index is 12.8. The van der Waals surface area contributed by atoms with Gasteiger partial charge in [-0.1, -0.05) is 23.3 Å². The van der Waals surface area contributed by atoms with E-state index in [-0.39, 0.29) is 23.3 Å². The molecule has 2 aliphatic carbocycles. The van der Waals surface area contributed by atoms with E-state index in [2.05, 4.69) is 13.8 Å². The van der Waals surface area contributed by atoms with Gasteiger partial charge in [0.05, 0.1) is 31.5 Å². The Labute approximate surface area is 183 Å². The van der Waals surface area contributed by atoms with Crippen molar-refractivity contribution in [3.05, 3.63) is 46.5 Å². The van der Waals surface area contributed by atoms with Crippen LogP contribution < -0.4 is 0 Å². The van der Waals surface area contributed by atoms with E-state index < -0.39 is 11.9 Å². The Morgan fingerprint density at radius 3 is 2.23 bits per heavy atom. The number of esters is 2. The van der Waals surface area contributed by atoms with E-state index in [1.54, 1.807) is 24.3 Å². The second-order valence-corrected chi connectivity index (χ2v) is 8.91. The highest BCUT2D eigenvalue weighted by atomic mass is 16.7.